The molecule has 4 nitrogen and oxygen atoms in total. The van der Waals surface area contributed by atoms with Gasteiger partial charge in [0.15, 0.2) is 0 Å². The number of amides is 1. The van der Waals surface area contributed by atoms with Crippen molar-refractivity contribution in [2.75, 3.05) is 13.1 Å². The fraction of sp³-hybridized carbons (Fsp3) is 0.917. The summed E-state index contributed by atoms with van der Waals surface area (Å²) in [7, 11) is 0. The molecule has 1 fully saturated rings. The van der Waals surface area contributed by atoms with Crippen LogP contribution in [0.5, 0.6) is 0 Å². The summed E-state index contributed by atoms with van der Waals surface area (Å²) in [5, 5.41) is 9.48. The van der Waals surface area contributed by atoms with Crippen molar-refractivity contribution in [3.05, 3.63) is 0 Å². The Morgan fingerprint density at radius 3 is 2.62 bits per heavy atom. The molecule has 0 aromatic carbocycles. The summed E-state index contributed by atoms with van der Waals surface area (Å²) in [4.78, 5) is 13.8. The van der Waals surface area contributed by atoms with E-state index in [1.807, 2.05) is 13.8 Å². The third-order valence-electron chi connectivity index (χ3n) is 3.76. The van der Waals surface area contributed by atoms with Gasteiger partial charge in [0.1, 0.15) is 0 Å². The number of hydrogen-bond donors (Lipinski definition) is 2. The number of aliphatic hydroxyl groups is 1. The minimum Gasteiger partial charge on any atom is -0.393 e. The number of hydrogen-bond acceptors (Lipinski definition) is 3. The van der Waals surface area contributed by atoms with E-state index in [0.29, 0.717) is 6.54 Å². The summed E-state index contributed by atoms with van der Waals surface area (Å²) in [6.07, 6.45) is 1.47. The molecule has 4 heteroatoms. The van der Waals surface area contributed by atoms with Gasteiger partial charge in [0, 0.05) is 19.0 Å². The molecule has 3 N–H and O–H groups in total. The molecule has 1 aliphatic rings. The van der Waals surface area contributed by atoms with Gasteiger partial charge in [-0.25, -0.2) is 0 Å². The van der Waals surface area contributed by atoms with Crippen LogP contribution in [0.25, 0.3) is 0 Å². The highest BCUT2D eigenvalue weighted by Gasteiger charge is 2.32. The number of rotatable bonds is 4. The molecule has 1 aliphatic heterocycles. The largest absolute Gasteiger partial charge is 0.393 e. The molecule has 16 heavy (non-hydrogen) atoms. The van der Waals surface area contributed by atoms with E-state index in [2.05, 4.69) is 0 Å². The normalized spacial score (nSPS) is 26.6. The van der Waals surface area contributed by atoms with Gasteiger partial charge in [0.25, 0.3) is 0 Å². The van der Waals surface area contributed by atoms with Crippen LogP contribution < -0.4 is 5.73 Å². The smallest absolute Gasteiger partial charge is 0.239 e. The molecule has 0 aromatic rings. The van der Waals surface area contributed by atoms with Crippen molar-refractivity contribution < 1.29 is 9.90 Å². The van der Waals surface area contributed by atoms with Gasteiger partial charge in [-0.3, -0.25) is 4.79 Å². The molecule has 94 valence electrons. The first kappa shape index (κ1) is 13.5. The van der Waals surface area contributed by atoms with Crippen LogP contribution in [-0.2, 0) is 4.79 Å². The van der Waals surface area contributed by atoms with E-state index in [9.17, 15) is 9.90 Å². The minimum atomic E-state index is -0.391. The quantitative estimate of drug-likeness (QED) is 0.740. The van der Waals surface area contributed by atoms with Crippen LogP contribution >= 0.6 is 0 Å². The fourth-order valence-electron chi connectivity index (χ4n) is 2.09. The molecular formula is C12H24N2O2. The molecule has 0 saturated carbocycles. The Kier molecular flexibility index (Phi) is 4.74. The SMILES string of the molecule is CCC(C)[C@H](N)C(=O)N1CCC(C(C)O)C1. The van der Waals surface area contributed by atoms with E-state index in [-0.39, 0.29) is 23.8 Å². The first-order valence-corrected chi connectivity index (χ1v) is 6.19. The highest BCUT2D eigenvalue weighted by molar-refractivity contribution is 5.82. The van der Waals surface area contributed by atoms with Gasteiger partial charge in [-0.1, -0.05) is 20.3 Å². The lowest BCUT2D eigenvalue weighted by molar-refractivity contribution is -0.132. The maximum atomic E-state index is 12.0. The van der Waals surface area contributed by atoms with Crippen LogP contribution in [0.2, 0.25) is 0 Å². The molecule has 0 aromatic heterocycles. The second-order valence-electron chi connectivity index (χ2n) is 4.98. The van der Waals surface area contributed by atoms with Gasteiger partial charge in [0.2, 0.25) is 5.91 Å². The third kappa shape index (κ3) is 2.95. The van der Waals surface area contributed by atoms with E-state index in [4.69, 9.17) is 5.73 Å². The maximum Gasteiger partial charge on any atom is 0.239 e. The summed E-state index contributed by atoms with van der Waals surface area (Å²) >= 11 is 0. The molecule has 4 atom stereocenters. The van der Waals surface area contributed by atoms with Crippen molar-refractivity contribution in [1.29, 1.82) is 0 Å². The molecule has 1 amide bonds. The molecule has 0 radical (unpaired) electrons. The van der Waals surface area contributed by atoms with E-state index < -0.39 is 6.04 Å². The van der Waals surface area contributed by atoms with Crippen molar-refractivity contribution in [2.24, 2.45) is 17.6 Å². The van der Waals surface area contributed by atoms with Crippen molar-refractivity contribution in [3.63, 3.8) is 0 Å². The van der Waals surface area contributed by atoms with E-state index in [1.54, 1.807) is 11.8 Å². The lowest BCUT2D eigenvalue weighted by Crippen LogP contribution is -2.46. The number of nitrogens with two attached hydrogens (primary N) is 1. The third-order valence-corrected chi connectivity index (χ3v) is 3.76. The number of likely N-dealkylation sites (tertiary alicyclic amines) is 1. The minimum absolute atomic E-state index is 0.0394. The predicted molar refractivity (Wildman–Crippen MR) is 63.8 cm³/mol. The van der Waals surface area contributed by atoms with Crippen LogP contribution in [0.1, 0.15) is 33.6 Å². The van der Waals surface area contributed by atoms with Crippen LogP contribution in [0.3, 0.4) is 0 Å². The van der Waals surface area contributed by atoms with Crippen LogP contribution in [0.15, 0.2) is 0 Å². The Labute approximate surface area is 97.8 Å². The number of nitrogens with zero attached hydrogens (tertiary/aromatic N) is 1. The second-order valence-corrected chi connectivity index (χ2v) is 4.98. The zero-order valence-corrected chi connectivity index (χ0v) is 10.5. The number of aliphatic hydroxyl groups excluding tert-OH is 1. The van der Waals surface area contributed by atoms with Crippen molar-refractivity contribution in [2.45, 2.75) is 45.8 Å². The Morgan fingerprint density at radius 2 is 2.19 bits per heavy atom. The molecule has 0 bridgehead atoms. The Morgan fingerprint density at radius 1 is 1.56 bits per heavy atom. The summed E-state index contributed by atoms with van der Waals surface area (Å²) in [5.74, 6) is 0.476. The standard InChI is InChI=1S/C12H24N2O2/c1-4-8(2)11(13)12(16)14-6-5-10(7-14)9(3)15/h8-11,15H,4-7,13H2,1-3H3/t8?,9?,10?,11-/m0/s1. The molecule has 1 heterocycles. The Hall–Kier alpha value is -0.610. The Balaban J connectivity index is 2.50. The van der Waals surface area contributed by atoms with Gasteiger partial charge in [-0.2, -0.15) is 0 Å². The van der Waals surface area contributed by atoms with Gasteiger partial charge >= 0.3 is 0 Å². The first-order valence-electron chi connectivity index (χ1n) is 6.19. The molecule has 1 rings (SSSR count). The van der Waals surface area contributed by atoms with Gasteiger partial charge in [-0.05, 0) is 19.3 Å². The topological polar surface area (TPSA) is 66.6 Å². The lowest BCUT2D eigenvalue weighted by Gasteiger charge is -2.24. The fourth-order valence-corrected chi connectivity index (χ4v) is 2.09. The molecule has 0 aliphatic carbocycles. The van der Waals surface area contributed by atoms with E-state index in [1.165, 1.54) is 0 Å². The zero-order chi connectivity index (χ0) is 12.3. The summed E-state index contributed by atoms with van der Waals surface area (Å²) in [6.45, 7) is 7.22. The number of carbonyl (C=O) groups excluding carboxylic acids is 1. The maximum absolute atomic E-state index is 12.0. The van der Waals surface area contributed by atoms with E-state index in [0.717, 1.165) is 19.4 Å². The second kappa shape index (κ2) is 5.64. The lowest BCUT2D eigenvalue weighted by atomic mass is 9.99. The van der Waals surface area contributed by atoms with Crippen molar-refractivity contribution in [1.82, 2.24) is 4.90 Å². The molecular weight excluding hydrogens is 204 g/mol. The monoisotopic (exact) mass is 228 g/mol. The van der Waals surface area contributed by atoms with Crippen LogP contribution in [0.4, 0.5) is 0 Å². The van der Waals surface area contributed by atoms with Gasteiger partial charge in [-0.15, -0.1) is 0 Å². The predicted octanol–water partition coefficient (Wildman–Crippen LogP) is 0.589. The van der Waals surface area contributed by atoms with Crippen molar-refractivity contribution >= 4 is 5.91 Å². The highest BCUT2D eigenvalue weighted by atomic mass is 16.3. The number of carbonyl (C=O) groups is 1. The van der Waals surface area contributed by atoms with Crippen molar-refractivity contribution in [3.8, 4) is 0 Å². The molecule has 0 spiro atoms. The Bertz CT molecular complexity index is 243. The zero-order valence-electron chi connectivity index (χ0n) is 10.5. The highest BCUT2D eigenvalue weighted by Crippen LogP contribution is 2.21. The van der Waals surface area contributed by atoms with E-state index >= 15 is 0 Å². The van der Waals surface area contributed by atoms with Crippen LogP contribution in [-0.4, -0.2) is 41.1 Å². The first-order chi connectivity index (χ1) is 7.47. The van der Waals surface area contributed by atoms with Gasteiger partial charge in [0.05, 0.1) is 12.1 Å². The summed E-state index contributed by atoms with van der Waals surface area (Å²) in [6, 6.07) is -0.391. The molecule has 1 saturated heterocycles. The van der Waals surface area contributed by atoms with Crippen LogP contribution in [0, 0.1) is 11.8 Å². The average molecular weight is 228 g/mol. The summed E-state index contributed by atoms with van der Waals surface area (Å²) in [5.41, 5.74) is 5.92. The summed E-state index contributed by atoms with van der Waals surface area (Å²) < 4.78 is 0. The molecule has 3 unspecified atom stereocenters. The average Bonchev–Trinajstić information content (AvgIpc) is 2.75. The van der Waals surface area contributed by atoms with Gasteiger partial charge < -0.3 is 15.7 Å².